The van der Waals surface area contributed by atoms with E-state index in [1.54, 1.807) is 11.8 Å². The zero-order valence-electron chi connectivity index (χ0n) is 17.4. The first-order chi connectivity index (χ1) is 13.2. The zero-order valence-corrected chi connectivity index (χ0v) is 18.2. The van der Waals surface area contributed by atoms with Gasteiger partial charge in [0.2, 0.25) is 5.91 Å². The third-order valence-corrected chi connectivity index (χ3v) is 6.18. The normalized spacial score (nSPS) is 16.6. The standard InChI is InChI=1S/C21H33N3O3S/c1-21(2,3)24(20(26)27)17(16-28-18-8-6-5-7-9-18)10-11-19(25)23-14-12-22(4)13-15-23/h5-9,17H,10-16H2,1-4H3,(H,26,27). The second-order valence-electron chi connectivity index (χ2n) is 8.32. The van der Waals surface area contributed by atoms with Crippen LogP contribution in [0.15, 0.2) is 35.2 Å². The predicted molar refractivity (Wildman–Crippen MR) is 114 cm³/mol. The highest BCUT2D eigenvalue weighted by atomic mass is 32.2. The number of carboxylic acid groups (broad SMARTS) is 1. The number of carbonyl (C=O) groups excluding carboxylic acids is 1. The molecule has 1 aromatic carbocycles. The maximum Gasteiger partial charge on any atom is 0.408 e. The quantitative estimate of drug-likeness (QED) is 0.701. The van der Waals surface area contributed by atoms with E-state index in [0.29, 0.717) is 18.6 Å². The van der Waals surface area contributed by atoms with Crippen molar-refractivity contribution >= 4 is 23.8 Å². The van der Waals surface area contributed by atoms with Crippen molar-refractivity contribution in [3.8, 4) is 0 Å². The van der Waals surface area contributed by atoms with Gasteiger partial charge in [0.15, 0.2) is 0 Å². The molecule has 1 saturated heterocycles. The number of hydrogen-bond donors (Lipinski definition) is 1. The Bertz CT molecular complexity index is 640. The lowest BCUT2D eigenvalue weighted by Crippen LogP contribution is -2.52. The lowest BCUT2D eigenvalue weighted by atomic mass is 10.0. The summed E-state index contributed by atoms with van der Waals surface area (Å²) in [5.41, 5.74) is -0.523. The summed E-state index contributed by atoms with van der Waals surface area (Å²) in [5.74, 6) is 0.755. The van der Waals surface area contributed by atoms with E-state index >= 15 is 0 Å². The van der Waals surface area contributed by atoms with Gasteiger partial charge in [0.1, 0.15) is 0 Å². The van der Waals surface area contributed by atoms with Crippen molar-refractivity contribution in [3.05, 3.63) is 30.3 Å². The first kappa shape index (κ1) is 22.6. The van der Waals surface area contributed by atoms with E-state index in [1.165, 1.54) is 4.90 Å². The van der Waals surface area contributed by atoms with Gasteiger partial charge in [-0.2, -0.15) is 0 Å². The number of benzene rings is 1. The second kappa shape index (κ2) is 10.2. The zero-order chi connectivity index (χ0) is 20.7. The molecule has 2 rings (SSSR count). The second-order valence-corrected chi connectivity index (χ2v) is 9.42. The summed E-state index contributed by atoms with van der Waals surface area (Å²) >= 11 is 1.64. The number of amides is 2. The van der Waals surface area contributed by atoms with E-state index < -0.39 is 11.6 Å². The molecule has 28 heavy (non-hydrogen) atoms. The molecule has 0 radical (unpaired) electrons. The Hall–Kier alpha value is -1.73. The Morgan fingerprint density at radius 2 is 1.75 bits per heavy atom. The largest absolute Gasteiger partial charge is 0.465 e. The highest BCUT2D eigenvalue weighted by molar-refractivity contribution is 7.99. The molecule has 1 atom stereocenters. The van der Waals surface area contributed by atoms with Gasteiger partial charge >= 0.3 is 6.09 Å². The third-order valence-electron chi connectivity index (χ3n) is 5.03. The van der Waals surface area contributed by atoms with Crippen molar-refractivity contribution in [1.29, 1.82) is 0 Å². The van der Waals surface area contributed by atoms with Crippen LogP contribution in [0.2, 0.25) is 0 Å². The van der Waals surface area contributed by atoms with Crippen LogP contribution in [0.4, 0.5) is 4.79 Å². The number of rotatable bonds is 7. The van der Waals surface area contributed by atoms with Crippen LogP contribution in [0.1, 0.15) is 33.6 Å². The Morgan fingerprint density at radius 1 is 1.14 bits per heavy atom. The minimum atomic E-state index is -0.932. The molecule has 1 fully saturated rings. The van der Waals surface area contributed by atoms with Gasteiger partial charge in [-0.1, -0.05) is 18.2 Å². The topological polar surface area (TPSA) is 64.1 Å². The third kappa shape index (κ3) is 6.71. The molecule has 0 aliphatic carbocycles. The molecule has 0 saturated carbocycles. The van der Waals surface area contributed by atoms with Crippen LogP contribution >= 0.6 is 11.8 Å². The fourth-order valence-corrected chi connectivity index (χ4v) is 4.54. The summed E-state index contributed by atoms with van der Waals surface area (Å²) in [6, 6.07) is 9.76. The summed E-state index contributed by atoms with van der Waals surface area (Å²) in [6.45, 7) is 9.00. The number of piperazine rings is 1. The van der Waals surface area contributed by atoms with E-state index in [9.17, 15) is 14.7 Å². The monoisotopic (exact) mass is 407 g/mol. The molecule has 1 aliphatic rings. The maximum absolute atomic E-state index is 12.7. The van der Waals surface area contributed by atoms with E-state index in [4.69, 9.17) is 0 Å². The molecule has 1 heterocycles. The molecule has 0 spiro atoms. The average Bonchev–Trinajstić information content (AvgIpc) is 2.63. The molecule has 1 N–H and O–H groups in total. The molecular formula is C21H33N3O3S. The Morgan fingerprint density at radius 3 is 2.29 bits per heavy atom. The summed E-state index contributed by atoms with van der Waals surface area (Å²) in [6.07, 6.45) is -0.0174. The molecule has 1 aliphatic heterocycles. The van der Waals surface area contributed by atoms with Crippen LogP contribution in [-0.4, -0.2) is 82.4 Å². The minimum absolute atomic E-state index is 0.127. The average molecular weight is 408 g/mol. The summed E-state index contributed by atoms with van der Waals surface area (Å²) in [5, 5.41) is 9.84. The van der Waals surface area contributed by atoms with Crippen LogP contribution < -0.4 is 0 Å². The first-order valence-electron chi connectivity index (χ1n) is 9.85. The molecule has 0 aromatic heterocycles. The van der Waals surface area contributed by atoms with Crippen LogP contribution in [0.3, 0.4) is 0 Å². The van der Waals surface area contributed by atoms with Crippen molar-refractivity contribution in [2.45, 2.75) is 50.1 Å². The van der Waals surface area contributed by atoms with Gasteiger partial charge in [0, 0.05) is 54.8 Å². The van der Waals surface area contributed by atoms with E-state index in [-0.39, 0.29) is 11.9 Å². The van der Waals surface area contributed by atoms with Crippen molar-refractivity contribution in [2.24, 2.45) is 0 Å². The number of nitrogens with zero attached hydrogens (tertiary/aromatic N) is 3. The highest BCUT2D eigenvalue weighted by Crippen LogP contribution is 2.27. The van der Waals surface area contributed by atoms with Gasteiger partial charge in [0.05, 0.1) is 0 Å². The Labute approximate surface area is 172 Å². The van der Waals surface area contributed by atoms with Crippen LogP contribution in [0.25, 0.3) is 0 Å². The lowest BCUT2D eigenvalue weighted by Gasteiger charge is -2.40. The van der Waals surface area contributed by atoms with Crippen molar-refractivity contribution in [1.82, 2.24) is 14.7 Å². The Balaban J connectivity index is 2.04. The summed E-state index contributed by atoms with van der Waals surface area (Å²) in [4.78, 5) is 31.4. The molecule has 7 heteroatoms. The lowest BCUT2D eigenvalue weighted by molar-refractivity contribution is -0.133. The van der Waals surface area contributed by atoms with Crippen molar-refractivity contribution < 1.29 is 14.7 Å². The first-order valence-corrected chi connectivity index (χ1v) is 10.8. The maximum atomic E-state index is 12.7. The van der Waals surface area contributed by atoms with Crippen molar-refractivity contribution in [3.63, 3.8) is 0 Å². The van der Waals surface area contributed by atoms with Gasteiger partial charge in [0.25, 0.3) is 0 Å². The van der Waals surface area contributed by atoms with Crippen molar-refractivity contribution in [2.75, 3.05) is 39.0 Å². The fraction of sp³-hybridized carbons (Fsp3) is 0.619. The van der Waals surface area contributed by atoms with Gasteiger partial charge in [-0.25, -0.2) is 4.79 Å². The molecule has 156 valence electrons. The van der Waals surface area contributed by atoms with Gasteiger partial charge < -0.3 is 14.9 Å². The summed E-state index contributed by atoms with van der Waals surface area (Å²) in [7, 11) is 2.06. The molecular weight excluding hydrogens is 374 g/mol. The fourth-order valence-electron chi connectivity index (χ4n) is 3.49. The van der Waals surface area contributed by atoms with Gasteiger partial charge in [-0.05, 0) is 46.4 Å². The molecule has 2 amide bonds. The molecule has 0 bridgehead atoms. The molecule has 6 nitrogen and oxygen atoms in total. The van der Waals surface area contributed by atoms with E-state index in [1.807, 2.05) is 56.0 Å². The van der Waals surface area contributed by atoms with E-state index in [0.717, 1.165) is 31.1 Å². The minimum Gasteiger partial charge on any atom is -0.465 e. The predicted octanol–water partition coefficient (Wildman–Crippen LogP) is 3.48. The molecule has 1 unspecified atom stereocenters. The van der Waals surface area contributed by atoms with Crippen LogP contribution in [0, 0.1) is 0 Å². The van der Waals surface area contributed by atoms with Gasteiger partial charge in [-0.3, -0.25) is 9.69 Å². The molecule has 1 aromatic rings. The number of thioether (sulfide) groups is 1. The van der Waals surface area contributed by atoms with Crippen LogP contribution in [-0.2, 0) is 4.79 Å². The smallest absolute Gasteiger partial charge is 0.408 e. The Kier molecular flexibility index (Phi) is 8.19. The summed E-state index contributed by atoms with van der Waals surface area (Å²) < 4.78 is 0. The number of hydrogen-bond acceptors (Lipinski definition) is 4. The van der Waals surface area contributed by atoms with Gasteiger partial charge in [-0.15, -0.1) is 11.8 Å². The number of likely N-dealkylation sites (N-methyl/N-ethyl adjacent to an activating group) is 1. The van der Waals surface area contributed by atoms with E-state index in [2.05, 4.69) is 11.9 Å². The SMILES string of the molecule is CN1CCN(C(=O)CCC(CSc2ccccc2)N(C(=O)O)C(C)(C)C)CC1. The highest BCUT2D eigenvalue weighted by Gasteiger charge is 2.34. The number of carbonyl (C=O) groups is 2. The van der Waals surface area contributed by atoms with Crippen LogP contribution in [0.5, 0.6) is 0 Å².